The zero-order chi connectivity index (χ0) is 18.3. The minimum atomic E-state index is 0. The third-order valence-corrected chi connectivity index (χ3v) is 4.57. The monoisotopic (exact) mass is 468 g/mol. The van der Waals surface area contributed by atoms with Crippen LogP contribution in [0.25, 0.3) is 0 Å². The number of nitrogens with one attached hydrogen (secondary N) is 2. The third kappa shape index (κ3) is 8.11. The number of carbonyl (C=O) groups excluding carboxylic acids is 1. The average Bonchev–Trinajstić information content (AvgIpc) is 2.52. The second kappa shape index (κ2) is 11.2. The van der Waals surface area contributed by atoms with E-state index in [0.717, 1.165) is 31.9 Å². The van der Waals surface area contributed by atoms with Crippen LogP contribution in [0.1, 0.15) is 47.5 Å². The zero-order valence-electron chi connectivity index (χ0n) is 16.9. The Kier molecular flexibility index (Phi) is 11.0. The minimum Gasteiger partial charge on any atom is -0.379 e. The molecule has 2 N–H and O–H groups in total. The second-order valence-corrected chi connectivity index (χ2v) is 7.94. The van der Waals surface area contributed by atoms with Gasteiger partial charge in [0.25, 0.3) is 0 Å². The molecule has 1 fully saturated rings. The summed E-state index contributed by atoms with van der Waals surface area (Å²) >= 11 is 0. The number of likely N-dealkylation sites (tertiary alicyclic amines) is 1. The van der Waals surface area contributed by atoms with E-state index < -0.39 is 0 Å². The molecule has 1 unspecified atom stereocenters. The van der Waals surface area contributed by atoms with Crippen LogP contribution in [0.2, 0.25) is 0 Å². The van der Waals surface area contributed by atoms with E-state index in [1.807, 2.05) is 18.7 Å². The van der Waals surface area contributed by atoms with Crippen molar-refractivity contribution in [3.05, 3.63) is 0 Å². The Hall–Kier alpha value is -0.570. The summed E-state index contributed by atoms with van der Waals surface area (Å²) in [7, 11) is 3.53. The molecule has 0 spiro atoms. The number of piperidine rings is 1. The number of carbonyl (C=O) groups is 1. The van der Waals surface area contributed by atoms with Crippen LogP contribution in [0.4, 0.5) is 0 Å². The predicted octanol–water partition coefficient (Wildman–Crippen LogP) is 2.48. The molecule has 148 valence electrons. The predicted molar refractivity (Wildman–Crippen MR) is 115 cm³/mol. The van der Waals surface area contributed by atoms with Crippen LogP contribution >= 0.6 is 24.0 Å². The maximum Gasteiger partial charge on any atom is 0.225 e. The van der Waals surface area contributed by atoms with Crippen molar-refractivity contribution in [1.82, 2.24) is 15.5 Å². The Morgan fingerprint density at radius 3 is 2.24 bits per heavy atom. The number of amides is 1. The molecule has 0 radical (unpaired) electrons. The highest BCUT2D eigenvalue weighted by Crippen LogP contribution is 2.21. The third-order valence-electron chi connectivity index (χ3n) is 4.57. The van der Waals surface area contributed by atoms with Gasteiger partial charge < -0.3 is 20.3 Å². The zero-order valence-corrected chi connectivity index (χ0v) is 19.2. The molecule has 6 nitrogen and oxygen atoms in total. The molecular weight excluding hydrogens is 431 g/mol. The van der Waals surface area contributed by atoms with Gasteiger partial charge in [-0.3, -0.25) is 9.79 Å². The van der Waals surface area contributed by atoms with Crippen molar-refractivity contribution in [1.29, 1.82) is 0 Å². The number of rotatable bonds is 5. The lowest BCUT2D eigenvalue weighted by molar-refractivity contribution is -0.135. The van der Waals surface area contributed by atoms with Crippen LogP contribution in [-0.4, -0.2) is 62.7 Å². The first-order valence-electron chi connectivity index (χ1n) is 8.97. The number of guanidine groups is 1. The molecule has 0 aromatic carbocycles. The molecule has 7 heteroatoms. The Bertz CT molecular complexity index is 427. The van der Waals surface area contributed by atoms with E-state index >= 15 is 0 Å². The number of aliphatic imine (C=N–C) groups is 1. The lowest BCUT2D eigenvalue weighted by Gasteiger charge is -2.34. The number of ether oxygens (including phenoxy) is 1. The summed E-state index contributed by atoms with van der Waals surface area (Å²) in [5.74, 6) is 1.13. The maximum absolute atomic E-state index is 12.0. The highest BCUT2D eigenvalue weighted by atomic mass is 127. The smallest absolute Gasteiger partial charge is 0.225 e. The average molecular weight is 468 g/mol. The topological polar surface area (TPSA) is 66.0 Å². The number of halogens is 1. The lowest BCUT2D eigenvalue weighted by Crippen LogP contribution is -2.52. The fraction of sp³-hybridized carbons (Fsp3) is 0.889. The van der Waals surface area contributed by atoms with E-state index in [4.69, 9.17) is 4.74 Å². The maximum atomic E-state index is 12.0. The van der Waals surface area contributed by atoms with Gasteiger partial charge in [0.05, 0.1) is 6.10 Å². The van der Waals surface area contributed by atoms with Crippen LogP contribution in [0.3, 0.4) is 0 Å². The van der Waals surface area contributed by atoms with Gasteiger partial charge in [-0.1, -0.05) is 34.6 Å². The summed E-state index contributed by atoms with van der Waals surface area (Å²) in [5, 5.41) is 6.83. The standard InChI is InChI=1S/C18H36N4O2.HI/c1-13(2)16(23)22-10-8-14(9-11-22)21-17(19-6)20-12-15(24-7)18(3,4)5;/h13-15H,8-12H2,1-7H3,(H2,19,20,21);1H. The quantitative estimate of drug-likeness (QED) is 0.370. The summed E-state index contributed by atoms with van der Waals surface area (Å²) in [5.41, 5.74) is 0.0726. The number of methoxy groups -OCH3 is 1. The van der Waals surface area contributed by atoms with Gasteiger partial charge in [0.2, 0.25) is 5.91 Å². The summed E-state index contributed by atoms with van der Waals surface area (Å²) in [6, 6.07) is 0.350. The SMILES string of the molecule is CN=C(NCC(OC)C(C)(C)C)NC1CCN(C(=O)C(C)C)CC1.I. The highest BCUT2D eigenvalue weighted by molar-refractivity contribution is 14.0. The Morgan fingerprint density at radius 2 is 1.84 bits per heavy atom. The Labute approximate surface area is 170 Å². The molecule has 0 saturated carbocycles. The fourth-order valence-electron chi connectivity index (χ4n) is 2.93. The fourth-order valence-corrected chi connectivity index (χ4v) is 2.93. The van der Waals surface area contributed by atoms with Crippen LogP contribution in [0, 0.1) is 11.3 Å². The highest BCUT2D eigenvalue weighted by Gasteiger charge is 2.26. The Morgan fingerprint density at radius 1 is 1.28 bits per heavy atom. The Balaban J connectivity index is 0.00000576. The molecule has 1 heterocycles. The van der Waals surface area contributed by atoms with Gasteiger partial charge in [0.15, 0.2) is 5.96 Å². The van der Waals surface area contributed by atoms with Crippen LogP contribution in [0.15, 0.2) is 4.99 Å². The van der Waals surface area contributed by atoms with E-state index in [1.54, 1.807) is 14.2 Å². The minimum absolute atomic E-state index is 0. The molecule has 0 aromatic heterocycles. The van der Waals surface area contributed by atoms with Crippen molar-refractivity contribution in [3.63, 3.8) is 0 Å². The van der Waals surface area contributed by atoms with Crippen molar-refractivity contribution in [2.24, 2.45) is 16.3 Å². The van der Waals surface area contributed by atoms with Gasteiger partial charge in [-0.15, -0.1) is 24.0 Å². The second-order valence-electron chi connectivity index (χ2n) is 7.94. The van der Waals surface area contributed by atoms with Crippen molar-refractivity contribution in [3.8, 4) is 0 Å². The molecule has 1 aliphatic heterocycles. The van der Waals surface area contributed by atoms with E-state index in [2.05, 4.69) is 36.4 Å². The van der Waals surface area contributed by atoms with E-state index in [1.165, 1.54) is 0 Å². The van der Waals surface area contributed by atoms with Gasteiger partial charge in [-0.05, 0) is 18.3 Å². The summed E-state index contributed by atoms with van der Waals surface area (Å²) < 4.78 is 5.57. The van der Waals surface area contributed by atoms with Crippen molar-refractivity contribution in [2.75, 3.05) is 33.8 Å². The van der Waals surface area contributed by atoms with E-state index in [-0.39, 0.29) is 47.3 Å². The first-order chi connectivity index (χ1) is 11.2. The molecular formula is C18H37IN4O2. The molecule has 1 aliphatic rings. The van der Waals surface area contributed by atoms with Gasteiger partial charge in [0, 0.05) is 45.8 Å². The largest absolute Gasteiger partial charge is 0.379 e. The molecule has 25 heavy (non-hydrogen) atoms. The lowest BCUT2D eigenvalue weighted by atomic mass is 9.89. The first-order valence-corrected chi connectivity index (χ1v) is 8.97. The number of hydrogen-bond acceptors (Lipinski definition) is 3. The molecule has 0 bridgehead atoms. The van der Waals surface area contributed by atoms with Gasteiger partial charge in [0.1, 0.15) is 0 Å². The number of nitrogens with zero attached hydrogens (tertiary/aromatic N) is 2. The molecule has 1 saturated heterocycles. The van der Waals surface area contributed by atoms with Crippen molar-refractivity contribution >= 4 is 35.8 Å². The molecule has 0 aromatic rings. The van der Waals surface area contributed by atoms with Crippen LogP contribution in [0.5, 0.6) is 0 Å². The van der Waals surface area contributed by atoms with Gasteiger partial charge in [-0.2, -0.15) is 0 Å². The van der Waals surface area contributed by atoms with Crippen LogP contribution < -0.4 is 10.6 Å². The van der Waals surface area contributed by atoms with Crippen molar-refractivity contribution in [2.45, 2.75) is 59.6 Å². The molecule has 0 aliphatic carbocycles. The van der Waals surface area contributed by atoms with Gasteiger partial charge in [-0.25, -0.2) is 0 Å². The van der Waals surface area contributed by atoms with E-state index in [0.29, 0.717) is 12.6 Å². The first kappa shape index (κ1) is 24.4. The van der Waals surface area contributed by atoms with Crippen LogP contribution in [-0.2, 0) is 9.53 Å². The molecule has 1 amide bonds. The van der Waals surface area contributed by atoms with E-state index in [9.17, 15) is 4.79 Å². The molecule has 1 atom stereocenters. The summed E-state index contributed by atoms with van der Waals surface area (Å²) in [6.07, 6.45) is 2.01. The normalized spacial score (nSPS) is 17.9. The van der Waals surface area contributed by atoms with Crippen molar-refractivity contribution < 1.29 is 9.53 Å². The summed E-state index contributed by atoms with van der Waals surface area (Å²) in [4.78, 5) is 18.3. The number of hydrogen-bond donors (Lipinski definition) is 2. The van der Waals surface area contributed by atoms with Gasteiger partial charge >= 0.3 is 0 Å². The molecule has 1 rings (SSSR count). The summed E-state index contributed by atoms with van der Waals surface area (Å²) in [6.45, 7) is 12.8.